The molecule has 0 aliphatic heterocycles. The van der Waals surface area contributed by atoms with Crippen LogP contribution in [-0.2, 0) is 11.3 Å². The van der Waals surface area contributed by atoms with Gasteiger partial charge in [-0.3, -0.25) is 0 Å². The summed E-state index contributed by atoms with van der Waals surface area (Å²) in [6.07, 6.45) is 0. The van der Waals surface area contributed by atoms with Gasteiger partial charge in [-0.05, 0) is 23.8 Å². The zero-order valence-corrected chi connectivity index (χ0v) is 11.1. The number of methoxy groups -OCH3 is 2. The van der Waals surface area contributed by atoms with Gasteiger partial charge in [-0.25, -0.2) is 0 Å². The van der Waals surface area contributed by atoms with Crippen LogP contribution in [0.4, 0.5) is 17.1 Å². The van der Waals surface area contributed by atoms with Crippen molar-refractivity contribution in [2.75, 3.05) is 25.3 Å². The van der Waals surface area contributed by atoms with Gasteiger partial charge in [0.15, 0.2) is 0 Å². The fourth-order valence-electron chi connectivity index (χ4n) is 1.88. The van der Waals surface area contributed by atoms with E-state index in [1.165, 1.54) is 0 Å². The van der Waals surface area contributed by atoms with E-state index in [0.717, 1.165) is 22.7 Å². The molecule has 2 aromatic rings. The Hall–Kier alpha value is -2.20. The Morgan fingerprint density at radius 1 is 1.05 bits per heavy atom. The summed E-state index contributed by atoms with van der Waals surface area (Å²) in [4.78, 5) is 0. The minimum Gasteiger partial charge on any atom is -0.497 e. The third kappa shape index (κ3) is 3.63. The van der Waals surface area contributed by atoms with Gasteiger partial charge in [0.05, 0.1) is 13.7 Å². The van der Waals surface area contributed by atoms with Crippen LogP contribution in [0.1, 0.15) is 5.56 Å². The van der Waals surface area contributed by atoms with Gasteiger partial charge in [-0.2, -0.15) is 0 Å². The zero-order chi connectivity index (χ0) is 13.7. The fourth-order valence-corrected chi connectivity index (χ4v) is 1.88. The Morgan fingerprint density at radius 3 is 2.63 bits per heavy atom. The number of hydrogen-bond acceptors (Lipinski definition) is 4. The van der Waals surface area contributed by atoms with Crippen molar-refractivity contribution < 1.29 is 9.47 Å². The SMILES string of the molecule is COCc1cccc(Nc2cc(N)cc(OC)c2)c1. The van der Waals surface area contributed by atoms with Crippen LogP contribution in [0.5, 0.6) is 5.75 Å². The van der Waals surface area contributed by atoms with E-state index in [1.54, 1.807) is 20.3 Å². The molecule has 19 heavy (non-hydrogen) atoms. The lowest BCUT2D eigenvalue weighted by atomic mass is 10.2. The van der Waals surface area contributed by atoms with Gasteiger partial charge in [-0.1, -0.05) is 12.1 Å². The number of anilines is 3. The van der Waals surface area contributed by atoms with Crippen LogP contribution < -0.4 is 15.8 Å². The first kappa shape index (κ1) is 13.2. The van der Waals surface area contributed by atoms with Crippen LogP contribution in [0, 0.1) is 0 Å². The van der Waals surface area contributed by atoms with E-state index in [0.29, 0.717) is 12.3 Å². The minimum atomic E-state index is 0.593. The predicted octanol–water partition coefficient (Wildman–Crippen LogP) is 3.17. The zero-order valence-electron chi connectivity index (χ0n) is 11.1. The maximum Gasteiger partial charge on any atom is 0.122 e. The molecule has 0 fully saturated rings. The summed E-state index contributed by atoms with van der Waals surface area (Å²) >= 11 is 0. The molecule has 0 radical (unpaired) electrons. The highest BCUT2D eigenvalue weighted by Gasteiger charge is 2.01. The van der Waals surface area contributed by atoms with Gasteiger partial charge in [-0.15, -0.1) is 0 Å². The van der Waals surface area contributed by atoms with E-state index in [2.05, 4.69) is 5.32 Å². The van der Waals surface area contributed by atoms with E-state index in [-0.39, 0.29) is 0 Å². The molecule has 2 aromatic carbocycles. The molecule has 0 amide bonds. The maximum absolute atomic E-state index is 5.83. The smallest absolute Gasteiger partial charge is 0.122 e. The van der Waals surface area contributed by atoms with Crippen molar-refractivity contribution in [2.24, 2.45) is 0 Å². The Labute approximate surface area is 113 Å². The second kappa shape index (κ2) is 6.11. The summed E-state index contributed by atoms with van der Waals surface area (Å²) in [7, 11) is 3.31. The average molecular weight is 258 g/mol. The highest BCUT2D eigenvalue weighted by atomic mass is 16.5. The van der Waals surface area contributed by atoms with Crippen LogP contribution in [0.3, 0.4) is 0 Å². The van der Waals surface area contributed by atoms with Crippen molar-refractivity contribution >= 4 is 17.1 Å². The number of rotatable bonds is 5. The lowest BCUT2D eigenvalue weighted by molar-refractivity contribution is 0.185. The second-order valence-corrected chi connectivity index (χ2v) is 4.25. The first-order valence-corrected chi connectivity index (χ1v) is 6.00. The van der Waals surface area contributed by atoms with Gasteiger partial charge >= 0.3 is 0 Å². The van der Waals surface area contributed by atoms with Crippen molar-refractivity contribution in [3.8, 4) is 5.75 Å². The summed E-state index contributed by atoms with van der Waals surface area (Å²) in [5.41, 5.74) is 9.49. The van der Waals surface area contributed by atoms with Crippen LogP contribution in [-0.4, -0.2) is 14.2 Å². The number of nitrogen functional groups attached to an aromatic ring is 1. The standard InChI is InChI=1S/C15H18N2O2/c1-18-10-11-4-3-5-13(6-11)17-14-7-12(16)8-15(9-14)19-2/h3-9,17H,10,16H2,1-2H3. The molecule has 4 heteroatoms. The third-order valence-corrected chi connectivity index (χ3v) is 2.69. The molecule has 0 spiro atoms. The average Bonchev–Trinajstić information content (AvgIpc) is 2.39. The first-order chi connectivity index (χ1) is 9.21. The monoisotopic (exact) mass is 258 g/mol. The number of hydrogen-bond donors (Lipinski definition) is 2. The van der Waals surface area contributed by atoms with Crippen LogP contribution in [0.25, 0.3) is 0 Å². The van der Waals surface area contributed by atoms with E-state index < -0.39 is 0 Å². The molecule has 0 saturated carbocycles. The highest BCUT2D eigenvalue weighted by molar-refractivity contribution is 5.66. The Kier molecular flexibility index (Phi) is 4.26. The summed E-state index contributed by atoms with van der Waals surface area (Å²) < 4.78 is 10.3. The third-order valence-electron chi connectivity index (χ3n) is 2.69. The van der Waals surface area contributed by atoms with Crippen molar-refractivity contribution in [1.29, 1.82) is 0 Å². The highest BCUT2D eigenvalue weighted by Crippen LogP contribution is 2.25. The molecular weight excluding hydrogens is 240 g/mol. The number of nitrogens with one attached hydrogen (secondary N) is 1. The molecule has 0 heterocycles. The molecule has 4 nitrogen and oxygen atoms in total. The molecule has 2 rings (SSSR count). The Morgan fingerprint density at radius 2 is 1.89 bits per heavy atom. The summed E-state index contributed by atoms with van der Waals surface area (Å²) in [6.45, 7) is 0.593. The molecule has 0 bridgehead atoms. The van der Waals surface area contributed by atoms with Crippen molar-refractivity contribution in [3.05, 3.63) is 48.0 Å². The number of benzene rings is 2. The molecule has 0 saturated heterocycles. The lowest BCUT2D eigenvalue weighted by Gasteiger charge is -2.10. The molecule has 0 aliphatic carbocycles. The molecule has 0 unspecified atom stereocenters. The van der Waals surface area contributed by atoms with Crippen LogP contribution in [0.2, 0.25) is 0 Å². The van der Waals surface area contributed by atoms with Crippen molar-refractivity contribution in [3.63, 3.8) is 0 Å². The first-order valence-electron chi connectivity index (χ1n) is 6.00. The molecule has 3 N–H and O–H groups in total. The van der Waals surface area contributed by atoms with E-state index in [1.807, 2.05) is 36.4 Å². The van der Waals surface area contributed by atoms with Gasteiger partial charge in [0, 0.05) is 36.3 Å². The van der Waals surface area contributed by atoms with Gasteiger partial charge in [0.1, 0.15) is 5.75 Å². The van der Waals surface area contributed by atoms with Gasteiger partial charge in [0.25, 0.3) is 0 Å². The van der Waals surface area contributed by atoms with E-state index >= 15 is 0 Å². The molecule has 0 atom stereocenters. The Balaban J connectivity index is 2.20. The molecule has 0 aliphatic rings. The molecule has 100 valence electrons. The van der Waals surface area contributed by atoms with Crippen molar-refractivity contribution in [2.45, 2.75) is 6.61 Å². The normalized spacial score (nSPS) is 10.2. The fraction of sp³-hybridized carbons (Fsp3) is 0.200. The van der Waals surface area contributed by atoms with Gasteiger partial charge < -0.3 is 20.5 Å². The molecule has 0 aromatic heterocycles. The Bertz CT molecular complexity index is 556. The van der Waals surface area contributed by atoms with E-state index in [4.69, 9.17) is 15.2 Å². The van der Waals surface area contributed by atoms with Gasteiger partial charge in [0.2, 0.25) is 0 Å². The second-order valence-electron chi connectivity index (χ2n) is 4.25. The minimum absolute atomic E-state index is 0.593. The lowest BCUT2D eigenvalue weighted by Crippen LogP contribution is -1.95. The summed E-state index contributed by atoms with van der Waals surface area (Å²) in [6, 6.07) is 13.6. The maximum atomic E-state index is 5.83. The topological polar surface area (TPSA) is 56.5 Å². The van der Waals surface area contributed by atoms with Crippen molar-refractivity contribution in [1.82, 2.24) is 0 Å². The largest absolute Gasteiger partial charge is 0.497 e. The summed E-state index contributed by atoms with van der Waals surface area (Å²) in [5.74, 6) is 0.732. The van der Waals surface area contributed by atoms with Crippen LogP contribution >= 0.6 is 0 Å². The van der Waals surface area contributed by atoms with E-state index in [9.17, 15) is 0 Å². The predicted molar refractivity (Wildman–Crippen MR) is 77.8 cm³/mol. The quantitative estimate of drug-likeness (QED) is 0.809. The number of ether oxygens (including phenoxy) is 2. The summed E-state index contributed by atoms with van der Waals surface area (Å²) in [5, 5.41) is 3.30. The van der Waals surface area contributed by atoms with Crippen LogP contribution in [0.15, 0.2) is 42.5 Å². The number of nitrogens with two attached hydrogens (primary N) is 1. The molecular formula is C15H18N2O2.